The van der Waals surface area contributed by atoms with Crippen LogP contribution < -0.4 is 10.1 Å². The highest BCUT2D eigenvalue weighted by Gasteiger charge is 2.28. The van der Waals surface area contributed by atoms with Gasteiger partial charge in [-0.05, 0) is 37.1 Å². The normalized spacial score (nSPS) is 21.3. The van der Waals surface area contributed by atoms with Crippen LogP contribution in [0.5, 0.6) is 5.75 Å². The molecule has 0 radical (unpaired) electrons. The molecule has 124 valence electrons. The number of piperidine rings is 1. The fourth-order valence-corrected chi connectivity index (χ4v) is 3.04. The van der Waals surface area contributed by atoms with Crippen molar-refractivity contribution >= 4 is 0 Å². The zero-order valence-corrected chi connectivity index (χ0v) is 13.7. The highest BCUT2D eigenvalue weighted by Crippen LogP contribution is 2.25. The maximum atomic E-state index is 5.57. The fraction of sp³-hybridized carbons (Fsp3) is 0.529. The van der Waals surface area contributed by atoms with Gasteiger partial charge in [0.05, 0.1) is 18.9 Å². The number of ether oxygens (including phenoxy) is 2. The largest absolute Gasteiger partial charge is 0.497 e. The molecule has 1 saturated heterocycles. The van der Waals surface area contributed by atoms with Crippen molar-refractivity contribution in [3.05, 3.63) is 41.7 Å². The lowest BCUT2D eigenvalue weighted by Crippen LogP contribution is -2.40. The van der Waals surface area contributed by atoms with Crippen molar-refractivity contribution in [3.8, 4) is 5.75 Å². The molecule has 1 fully saturated rings. The number of benzene rings is 1. The smallest absolute Gasteiger partial charge is 0.118 e. The number of aryl methyl sites for hydroxylation is 2. The number of hydrogen-bond donors (Lipinski definition) is 1. The van der Waals surface area contributed by atoms with E-state index in [0.29, 0.717) is 5.92 Å². The molecular weight excluding hydrogens is 292 g/mol. The van der Waals surface area contributed by atoms with Crippen LogP contribution in [0, 0.1) is 0 Å². The first-order valence-corrected chi connectivity index (χ1v) is 8.06. The minimum absolute atomic E-state index is 0.176. The molecule has 0 spiro atoms. The van der Waals surface area contributed by atoms with Crippen LogP contribution in [-0.4, -0.2) is 48.4 Å². The van der Waals surface area contributed by atoms with Crippen molar-refractivity contribution in [1.29, 1.82) is 0 Å². The van der Waals surface area contributed by atoms with Crippen molar-refractivity contribution < 1.29 is 9.47 Å². The third-order valence-corrected chi connectivity index (χ3v) is 4.45. The van der Waals surface area contributed by atoms with Crippen LogP contribution in [0.1, 0.15) is 23.6 Å². The average molecular weight is 316 g/mol. The molecule has 6 nitrogen and oxygen atoms in total. The molecule has 2 aromatic rings. The van der Waals surface area contributed by atoms with Gasteiger partial charge >= 0.3 is 0 Å². The second-order valence-corrected chi connectivity index (χ2v) is 5.88. The third-order valence-electron chi connectivity index (χ3n) is 4.45. The molecule has 2 heterocycles. The minimum atomic E-state index is 0.176. The van der Waals surface area contributed by atoms with Crippen LogP contribution in [0.3, 0.4) is 0 Å². The molecule has 1 aliphatic rings. The summed E-state index contributed by atoms with van der Waals surface area (Å²) in [5.41, 5.74) is 2.30. The Morgan fingerprint density at radius 2 is 2.09 bits per heavy atom. The quantitative estimate of drug-likeness (QED) is 0.877. The van der Waals surface area contributed by atoms with Gasteiger partial charge in [0.15, 0.2) is 0 Å². The van der Waals surface area contributed by atoms with Crippen LogP contribution in [-0.2, 0) is 17.7 Å². The molecule has 0 aliphatic carbocycles. The van der Waals surface area contributed by atoms with E-state index in [1.54, 1.807) is 14.2 Å². The van der Waals surface area contributed by atoms with Crippen molar-refractivity contribution in [2.24, 2.45) is 0 Å². The van der Waals surface area contributed by atoms with E-state index >= 15 is 0 Å². The van der Waals surface area contributed by atoms with E-state index < -0.39 is 0 Å². The number of nitrogens with zero attached hydrogens (tertiary/aromatic N) is 3. The molecule has 0 unspecified atom stereocenters. The zero-order valence-electron chi connectivity index (χ0n) is 13.7. The number of nitrogens with one attached hydrogen (secondary N) is 1. The summed E-state index contributed by atoms with van der Waals surface area (Å²) in [6, 6.07) is 8.15. The lowest BCUT2D eigenvalue weighted by Gasteiger charge is -2.29. The van der Waals surface area contributed by atoms with Crippen LogP contribution in [0.4, 0.5) is 0 Å². The van der Waals surface area contributed by atoms with Gasteiger partial charge in [0.2, 0.25) is 0 Å². The lowest BCUT2D eigenvalue weighted by atomic mass is 9.92. The Hall–Kier alpha value is -1.92. The molecule has 2 atom stereocenters. The lowest BCUT2D eigenvalue weighted by molar-refractivity contribution is 0.0612. The first-order chi connectivity index (χ1) is 11.3. The van der Waals surface area contributed by atoms with Gasteiger partial charge < -0.3 is 14.8 Å². The summed E-state index contributed by atoms with van der Waals surface area (Å²) >= 11 is 0. The average Bonchev–Trinajstić information content (AvgIpc) is 3.09. The van der Waals surface area contributed by atoms with E-state index in [0.717, 1.165) is 43.9 Å². The Kier molecular flexibility index (Phi) is 5.25. The van der Waals surface area contributed by atoms with E-state index in [9.17, 15) is 0 Å². The third kappa shape index (κ3) is 3.89. The molecule has 1 N–H and O–H groups in total. The van der Waals surface area contributed by atoms with Gasteiger partial charge in [-0.1, -0.05) is 17.3 Å². The topological polar surface area (TPSA) is 61.2 Å². The van der Waals surface area contributed by atoms with Crippen LogP contribution >= 0.6 is 0 Å². The first kappa shape index (κ1) is 16.0. The van der Waals surface area contributed by atoms with Crippen molar-refractivity contribution in [3.63, 3.8) is 0 Å². The Morgan fingerprint density at radius 3 is 2.83 bits per heavy atom. The molecule has 23 heavy (non-hydrogen) atoms. The van der Waals surface area contributed by atoms with E-state index in [2.05, 4.69) is 34.0 Å². The monoisotopic (exact) mass is 316 g/mol. The number of methoxy groups -OCH3 is 2. The van der Waals surface area contributed by atoms with E-state index in [1.807, 2.05) is 16.8 Å². The van der Waals surface area contributed by atoms with Crippen LogP contribution in [0.25, 0.3) is 0 Å². The molecule has 3 rings (SSSR count). The summed E-state index contributed by atoms with van der Waals surface area (Å²) in [6.07, 6.45) is 4.20. The Labute approximate surface area is 136 Å². The summed E-state index contributed by atoms with van der Waals surface area (Å²) in [5, 5.41) is 12.0. The Balaban J connectivity index is 1.60. The molecule has 6 heteroatoms. The Morgan fingerprint density at radius 1 is 1.26 bits per heavy atom. The van der Waals surface area contributed by atoms with E-state index in [-0.39, 0.29) is 6.10 Å². The van der Waals surface area contributed by atoms with Crippen LogP contribution in [0.2, 0.25) is 0 Å². The van der Waals surface area contributed by atoms with E-state index in [1.165, 1.54) is 5.56 Å². The van der Waals surface area contributed by atoms with Crippen molar-refractivity contribution in [2.75, 3.05) is 27.3 Å². The van der Waals surface area contributed by atoms with Gasteiger partial charge in [0.1, 0.15) is 5.75 Å². The summed E-state index contributed by atoms with van der Waals surface area (Å²) in [4.78, 5) is 0. The maximum Gasteiger partial charge on any atom is 0.118 e. The van der Waals surface area contributed by atoms with Gasteiger partial charge in [-0.15, -0.1) is 5.10 Å². The summed E-state index contributed by atoms with van der Waals surface area (Å²) in [5.74, 6) is 1.21. The van der Waals surface area contributed by atoms with Gasteiger partial charge in [-0.2, -0.15) is 0 Å². The van der Waals surface area contributed by atoms with E-state index in [4.69, 9.17) is 9.47 Å². The van der Waals surface area contributed by atoms with Crippen LogP contribution in [0.15, 0.2) is 30.5 Å². The maximum absolute atomic E-state index is 5.57. The molecular formula is C17H24N4O2. The zero-order chi connectivity index (χ0) is 16.1. The number of rotatable bonds is 6. The number of aromatic nitrogens is 3. The summed E-state index contributed by atoms with van der Waals surface area (Å²) < 4.78 is 12.7. The SMILES string of the molecule is COc1ccc(CCn2cc([C@@H]3CCNC[C@H]3OC)nn2)cc1. The molecule has 0 bridgehead atoms. The van der Waals surface area contributed by atoms with Crippen molar-refractivity contribution in [1.82, 2.24) is 20.3 Å². The second-order valence-electron chi connectivity index (χ2n) is 5.88. The van der Waals surface area contributed by atoms with Gasteiger partial charge in [0, 0.05) is 32.3 Å². The predicted octanol–water partition coefficient (Wildman–Crippen LogP) is 1.62. The van der Waals surface area contributed by atoms with Gasteiger partial charge in [0.25, 0.3) is 0 Å². The molecule has 0 saturated carbocycles. The first-order valence-electron chi connectivity index (χ1n) is 8.06. The molecule has 1 aliphatic heterocycles. The highest BCUT2D eigenvalue weighted by molar-refractivity contribution is 5.27. The fourth-order valence-electron chi connectivity index (χ4n) is 3.04. The highest BCUT2D eigenvalue weighted by atomic mass is 16.5. The number of hydrogen-bond acceptors (Lipinski definition) is 5. The molecule has 0 amide bonds. The predicted molar refractivity (Wildman–Crippen MR) is 87.7 cm³/mol. The van der Waals surface area contributed by atoms with Gasteiger partial charge in [-0.25, -0.2) is 0 Å². The molecule has 1 aromatic carbocycles. The summed E-state index contributed by atoms with van der Waals surface area (Å²) in [6.45, 7) is 2.70. The Bertz CT molecular complexity index is 611. The standard InChI is InChI=1S/C17H24N4O2/c1-22-14-5-3-13(4-6-14)8-10-21-12-16(19-20-21)15-7-9-18-11-17(15)23-2/h3-6,12,15,17-18H,7-11H2,1-2H3/t15-,17+/m0/s1. The molecule has 1 aromatic heterocycles. The second kappa shape index (κ2) is 7.57. The van der Waals surface area contributed by atoms with Crippen molar-refractivity contribution in [2.45, 2.75) is 31.4 Å². The summed E-state index contributed by atoms with van der Waals surface area (Å²) in [7, 11) is 3.44. The van der Waals surface area contributed by atoms with Gasteiger partial charge in [-0.3, -0.25) is 4.68 Å². The minimum Gasteiger partial charge on any atom is -0.497 e.